The number of ketones is 2. The molecule has 2 heterocycles. The number of ether oxygens (including phenoxy) is 1. The lowest BCUT2D eigenvalue weighted by molar-refractivity contribution is -0.362. The average molecular weight is 511 g/mol. The highest BCUT2D eigenvalue weighted by molar-refractivity contribution is 6.32. The van der Waals surface area contributed by atoms with Crippen molar-refractivity contribution in [3.05, 3.63) is 76.4 Å². The molecule has 2 aliphatic heterocycles. The Morgan fingerprint density at radius 2 is 1.82 bits per heavy atom. The van der Waals surface area contributed by atoms with Crippen molar-refractivity contribution in [2.45, 2.75) is 46.6 Å². The molecule has 0 saturated carbocycles. The molecular formula is C32H36N3O3+. The summed E-state index contributed by atoms with van der Waals surface area (Å²) in [5, 5.41) is 3.51. The number of rotatable bonds is 4. The van der Waals surface area contributed by atoms with Gasteiger partial charge in [0.2, 0.25) is 17.6 Å². The molecule has 2 N–H and O–H groups in total. The molecule has 6 heteroatoms. The summed E-state index contributed by atoms with van der Waals surface area (Å²) in [6.07, 6.45) is 8.48. The number of carbonyl (C=O) groups is 2. The molecule has 0 aromatic heterocycles. The normalized spacial score (nSPS) is 22.4. The monoisotopic (exact) mass is 510 g/mol. The fourth-order valence-corrected chi connectivity index (χ4v) is 6.04. The Morgan fingerprint density at radius 1 is 1.08 bits per heavy atom. The first-order valence-corrected chi connectivity index (χ1v) is 13.8. The van der Waals surface area contributed by atoms with Gasteiger partial charge in [0.1, 0.15) is 5.56 Å². The first-order chi connectivity index (χ1) is 18.2. The van der Waals surface area contributed by atoms with E-state index in [-0.39, 0.29) is 23.1 Å². The molecule has 2 aromatic rings. The van der Waals surface area contributed by atoms with Crippen molar-refractivity contribution in [3.63, 3.8) is 0 Å². The summed E-state index contributed by atoms with van der Waals surface area (Å²) in [5.41, 5.74) is 5.01. The van der Waals surface area contributed by atoms with Crippen molar-refractivity contribution < 1.29 is 19.3 Å². The number of allylic oxidation sites excluding steroid dienone is 2. The lowest BCUT2D eigenvalue weighted by Crippen LogP contribution is -2.72. The van der Waals surface area contributed by atoms with Crippen LogP contribution in [0.2, 0.25) is 0 Å². The van der Waals surface area contributed by atoms with Crippen molar-refractivity contribution >= 4 is 28.7 Å². The van der Waals surface area contributed by atoms with Crippen molar-refractivity contribution in [1.29, 1.82) is 0 Å². The molecule has 6 nitrogen and oxygen atoms in total. The minimum absolute atomic E-state index is 0.00766. The maximum Gasteiger partial charge on any atom is 0.258 e. The quantitative estimate of drug-likeness (QED) is 0.554. The van der Waals surface area contributed by atoms with Crippen LogP contribution in [0.25, 0.3) is 0 Å². The summed E-state index contributed by atoms with van der Waals surface area (Å²) in [5.74, 6) is 1.01. The molecule has 1 fully saturated rings. The van der Waals surface area contributed by atoms with Crippen LogP contribution in [0.3, 0.4) is 0 Å². The van der Waals surface area contributed by atoms with Gasteiger partial charge in [0.05, 0.1) is 11.3 Å². The van der Waals surface area contributed by atoms with E-state index in [0.717, 1.165) is 25.3 Å². The highest BCUT2D eigenvalue weighted by atomic mass is 16.5. The van der Waals surface area contributed by atoms with E-state index in [1.807, 2.05) is 18.2 Å². The largest absolute Gasteiger partial charge is 0.468 e. The third kappa shape index (κ3) is 4.31. The minimum atomic E-state index is -0.274. The lowest BCUT2D eigenvalue weighted by Gasteiger charge is -2.31. The van der Waals surface area contributed by atoms with Crippen LogP contribution in [0, 0.1) is 11.3 Å². The van der Waals surface area contributed by atoms with E-state index in [9.17, 15) is 9.59 Å². The number of anilines is 1. The second-order valence-electron chi connectivity index (χ2n) is 12.1. The number of nitrogens with one attached hydrogen (secondary N) is 2. The molecule has 196 valence electrons. The molecule has 1 saturated heterocycles. The molecule has 6 rings (SSSR count). The van der Waals surface area contributed by atoms with Crippen LogP contribution in [0.5, 0.6) is 5.75 Å². The van der Waals surface area contributed by atoms with Gasteiger partial charge in [0.25, 0.3) is 5.69 Å². The molecule has 38 heavy (non-hydrogen) atoms. The number of likely N-dealkylation sites (tertiary alicyclic amines) is 1. The van der Waals surface area contributed by atoms with E-state index < -0.39 is 0 Å². The van der Waals surface area contributed by atoms with Crippen molar-refractivity contribution in [2.75, 3.05) is 31.5 Å². The predicted molar refractivity (Wildman–Crippen MR) is 150 cm³/mol. The van der Waals surface area contributed by atoms with Gasteiger partial charge < -0.3 is 15.0 Å². The van der Waals surface area contributed by atoms with Gasteiger partial charge in [-0.25, -0.2) is 4.99 Å². The third-order valence-electron chi connectivity index (χ3n) is 8.12. The molecular weight excluding hydrogens is 474 g/mol. The zero-order chi connectivity index (χ0) is 26.6. The van der Waals surface area contributed by atoms with Gasteiger partial charge >= 0.3 is 0 Å². The van der Waals surface area contributed by atoms with Crippen LogP contribution in [0.15, 0.2) is 54.1 Å². The van der Waals surface area contributed by atoms with E-state index in [1.165, 1.54) is 18.4 Å². The maximum absolute atomic E-state index is 13.9. The van der Waals surface area contributed by atoms with Crippen LogP contribution < -0.4 is 15.0 Å². The van der Waals surface area contributed by atoms with E-state index >= 15 is 0 Å². The van der Waals surface area contributed by atoms with Crippen molar-refractivity contribution in [2.24, 2.45) is 11.3 Å². The van der Waals surface area contributed by atoms with Gasteiger partial charge in [0, 0.05) is 42.9 Å². The van der Waals surface area contributed by atoms with E-state index in [1.54, 1.807) is 18.2 Å². The van der Waals surface area contributed by atoms with Crippen LogP contribution >= 0.6 is 0 Å². The summed E-state index contributed by atoms with van der Waals surface area (Å²) in [4.78, 5) is 33.6. The van der Waals surface area contributed by atoms with E-state index in [4.69, 9.17) is 4.74 Å². The fourth-order valence-electron chi connectivity index (χ4n) is 6.04. The van der Waals surface area contributed by atoms with Gasteiger partial charge in [0.15, 0.2) is 11.5 Å². The second-order valence-corrected chi connectivity index (χ2v) is 12.1. The van der Waals surface area contributed by atoms with Gasteiger partial charge in [-0.3, -0.25) is 9.59 Å². The summed E-state index contributed by atoms with van der Waals surface area (Å²) in [6.45, 7) is 12.6. The van der Waals surface area contributed by atoms with Crippen molar-refractivity contribution in [3.8, 4) is 5.75 Å². The summed E-state index contributed by atoms with van der Waals surface area (Å²) < 4.78 is 6.51. The van der Waals surface area contributed by atoms with Gasteiger partial charge in [-0.1, -0.05) is 58.0 Å². The number of fused-ring (bicyclic) bond motifs is 5. The molecule has 1 unspecified atom stereocenters. The summed E-state index contributed by atoms with van der Waals surface area (Å²) >= 11 is 0. The number of hydrogen-bond donors (Lipinski definition) is 2. The third-order valence-corrected chi connectivity index (χ3v) is 8.12. The molecule has 0 radical (unpaired) electrons. The Balaban J connectivity index is 1.40. The number of hydrogen-bond acceptors (Lipinski definition) is 5. The highest BCUT2D eigenvalue weighted by Crippen LogP contribution is 2.42. The SMILES string of the molecule is C[C@H]1CCCN(CCNc2cc3c(c4c2C(=O)c2ccccc2C4=O)[NH+]=C2C=CC(C(C)(C)C)=CC2O3)C1. The highest BCUT2D eigenvalue weighted by Gasteiger charge is 2.41. The Hall–Kier alpha value is -3.51. The van der Waals surface area contributed by atoms with E-state index in [2.05, 4.69) is 55.1 Å². The number of carbonyl (C=O) groups excluding carboxylic acids is 2. The Labute approximate surface area is 224 Å². The van der Waals surface area contributed by atoms with E-state index in [0.29, 0.717) is 51.8 Å². The van der Waals surface area contributed by atoms with Crippen molar-refractivity contribution in [1.82, 2.24) is 4.90 Å². The summed E-state index contributed by atoms with van der Waals surface area (Å²) in [6, 6.07) is 9.00. The number of piperidine rings is 1. The summed E-state index contributed by atoms with van der Waals surface area (Å²) in [7, 11) is 0. The van der Waals surface area contributed by atoms with Crippen LogP contribution in [0.1, 0.15) is 72.4 Å². The van der Waals surface area contributed by atoms with Crippen LogP contribution in [-0.4, -0.2) is 54.5 Å². The zero-order valence-electron chi connectivity index (χ0n) is 22.7. The standard InChI is InChI=1S/C32H35N3O3/c1-19-8-7-14-35(18-19)15-13-33-24-17-26-29(34-23-12-11-20(32(2,3)4)16-25(23)38-26)28-27(24)30(36)21-9-5-6-10-22(21)31(28)37/h5-6,9-12,16-17,19,25,33H,7-8,13-15,18H2,1-4H3/p+1/t19-,25?/m0/s1. The zero-order valence-corrected chi connectivity index (χ0v) is 22.7. The maximum atomic E-state index is 13.9. The molecule has 2 atom stereocenters. The second kappa shape index (κ2) is 9.35. The predicted octanol–water partition coefficient (Wildman–Crippen LogP) is 4.06. The van der Waals surface area contributed by atoms with Gasteiger partial charge in [-0.2, -0.15) is 0 Å². The minimum Gasteiger partial charge on any atom is -0.468 e. The fraction of sp³-hybridized carbons (Fsp3) is 0.406. The Morgan fingerprint density at radius 3 is 2.53 bits per heavy atom. The molecule has 4 aliphatic rings. The molecule has 0 bridgehead atoms. The average Bonchev–Trinajstić information content (AvgIpc) is 2.89. The topological polar surface area (TPSA) is 72.6 Å². The first kappa shape index (κ1) is 24.8. The van der Waals surface area contributed by atoms with Crippen LogP contribution in [-0.2, 0) is 0 Å². The number of benzene rings is 2. The first-order valence-electron chi connectivity index (χ1n) is 13.8. The smallest absolute Gasteiger partial charge is 0.258 e. The lowest BCUT2D eigenvalue weighted by atomic mass is 9.81. The van der Waals surface area contributed by atoms with Gasteiger partial charge in [-0.15, -0.1) is 0 Å². The molecule has 2 aromatic carbocycles. The molecule has 0 amide bonds. The molecule has 0 spiro atoms. The number of nitrogens with zero attached hydrogens (tertiary/aromatic N) is 1. The van der Waals surface area contributed by atoms with Gasteiger partial charge in [-0.05, 0) is 42.4 Å². The van der Waals surface area contributed by atoms with Crippen LogP contribution in [0.4, 0.5) is 11.4 Å². The Bertz CT molecular complexity index is 1430. The molecule has 2 aliphatic carbocycles. The Kier molecular flexibility index (Phi) is 6.10.